The van der Waals surface area contributed by atoms with E-state index in [1.165, 1.54) is 17.5 Å². The Hall–Kier alpha value is -1.47. The van der Waals surface area contributed by atoms with Crippen molar-refractivity contribution in [3.05, 3.63) is 21.5 Å². The van der Waals surface area contributed by atoms with Crippen LogP contribution < -0.4 is 5.32 Å². The van der Waals surface area contributed by atoms with Crippen molar-refractivity contribution >= 4 is 5.69 Å². The molecule has 1 aliphatic rings. The van der Waals surface area contributed by atoms with E-state index in [1.807, 2.05) is 0 Å². The van der Waals surface area contributed by atoms with Gasteiger partial charge in [0.1, 0.15) is 11.4 Å². The van der Waals surface area contributed by atoms with Gasteiger partial charge in [-0.15, -0.1) is 0 Å². The first kappa shape index (κ1) is 14.0. The predicted molar refractivity (Wildman–Crippen MR) is 70.0 cm³/mol. The molecule has 7 heteroatoms. The molecule has 7 nitrogen and oxygen atoms in total. The Kier molecular flexibility index (Phi) is 4.16. The molecular weight excluding hydrogens is 248 g/mol. The molecule has 0 radical (unpaired) electrons. The zero-order valence-electron chi connectivity index (χ0n) is 11.3. The summed E-state index contributed by atoms with van der Waals surface area (Å²) in [4.78, 5) is 10.4. The Morgan fingerprint density at radius 1 is 1.58 bits per heavy atom. The lowest BCUT2D eigenvalue weighted by Gasteiger charge is -2.12. The fraction of sp³-hybridized carbons (Fsp3) is 0.750. The predicted octanol–water partition coefficient (Wildman–Crippen LogP) is 0.769. The lowest BCUT2D eigenvalue weighted by atomic mass is 10.3. The maximum atomic E-state index is 10.9. The Bertz CT molecular complexity index is 468. The van der Waals surface area contributed by atoms with Crippen molar-refractivity contribution in [1.82, 2.24) is 15.1 Å². The standard InChI is InChI=1S/C12H20N4O3/c1-8-12(16(18)19)9(2)15(14-8)7-11(17)6-13-5-10-3-4-10/h10-11,13,17H,3-7H2,1-2H3. The molecule has 1 saturated carbocycles. The molecule has 0 spiro atoms. The highest BCUT2D eigenvalue weighted by molar-refractivity contribution is 5.39. The third kappa shape index (κ3) is 3.51. The molecule has 1 heterocycles. The number of rotatable bonds is 7. The average molecular weight is 268 g/mol. The highest BCUT2D eigenvalue weighted by atomic mass is 16.6. The number of hydrogen-bond acceptors (Lipinski definition) is 5. The van der Waals surface area contributed by atoms with Crippen molar-refractivity contribution in [2.75, 3.05) is 13.1 Å². The van der Waals surface area contributed by atoms with E-state index in [2.05, 4.69) is 10.4 Å². The first-order chi connectivity index (χ1) is 8.99. The fourth-order valence-electron chi connectivity index (χ4n) is 2.17. The van der Waals surface area contributed by atoms with Crippen LogP contribution in [0.25, 0.3) is 0 Å². The first-order valence-corrected chi connectivity index (χ1v) is 6.56. The van der Waals surface area contributed by atoms with Gasteiger partial charge in [0.05, 0.1) is 17.6 Å². The SMILES string of the molecule is Cc1nn(CC(O)CNCC2CC2)c(C)c1[N+](=O)[O-]. The number of nitrogens with one attached hydrogen (secondary N) is 1. The maximum absolute atomic E-state index is 10.9. The van der Waals surface area contributed by atoms with Gasteiger partial charge in [0.25, 0.3) is 0 Å². The van der Waals surface area contributed by atoms with E-state index >= 15 is 0 Å². The molecule has 0 saturated heterocycles. The maximum Gasteiger partial charge on any atom is 0.312 e. The molecule has 1 unspecified atom stereocenters. The van der Waals surface area contributed by atoms with Gasteiger partial charge in [-0.2, -0.15) is 5.10 Å². The lowest BCUT2D eigenvalue weighted by molar-refractivity contribution is -0.386. The highest BCUT2D eigenvalue weighted by Gasteiger charge is 2.23. The van der Waals surface area contributed by atoms with Crippen LogP contribution in [0.3, 0.4) is 0 Å². The van der Waals surface area contributed by atoms with Gasteiger partial charge in [0, 0.05) is 6.54 Å². The van der Waals surface area contributed by atoms with Crippen LogP contribution in [0, 0.1) is 29.9 Å². The van der Waals surface area contributed by atoms with E-state index in [0.717, 1.165) is 12.5 Å². The van der Waals surface area contributed by atoms with Gasteiger partial charge >= 0.3 is 5.69 Å². The molecule has 0 amide bonds. The monoisotopic (exact) mass is 268 g/mol. The summed E-state index contributed by atoms with van der Waals surface area (Å²) >= 11 is 0. The quantitative estimate of drug-likeness (QED) is 0.562. The first-order valence-electron chi connectivity index (χ1n) is 6.56. The summed E-state index contributed by atoms with van der Waals surface area (Å²) < 4.78 is 1.51. The van der Waals surface area contributed by atoms with E-state index < -0.39 is 11.0 Å². The van der Waals surface area contributed by atoms with Crippen molar-refractivity contribution in [1.29, 1.82) is 0 Å². The normalized spacial score (nSPS) is 16.6. The smallest absolute Gasteiger partial charge is 0.312 e. The molecule has 1 fully saturated rings. The number of nitrogens with zero attached hydrogens (tertiary/aromatic N) is 3. The highest BCUT2D eigenvalue weighted by Crippen LogP contribution is 2.27. The van der Waals surface area contributed by atoms with Gasteiger partial charge in [0.2, 0.25) is 0 Å². The van der Waals surface area contributed by atoms with Crippen LogP contribution in [-0.4, -0.2) is 39.0 Å². The Morgan fingerprint density at radius 2 is 2.26 bits per heavy atom. The van der Waals surface area contributed by atoms with Crippen molar-refractivity contribution in [3.63, 3.8) is 0 Å². The molecular formula is C12H20N4O3. The summed E-state index contributed by atoms with van der Waals surface area (Å²) in [7, 11) is 0. The molecule has 1 aromatic heterocycles. The minimum Gasteiger partial charge on any atom is -0.390 e. The van der Waals surface area contributed by atoms with Crippen molar-refractivity contribution in [2.24, 2.45) is 5.92 Å². The van der Waals surface area contributed by atoms with Crippen molar-refractivity contribution in [3.8, 4) is 0 Å². The molecule has 0 aromatic carbocycles. The van der Waals surface area contributed by atoms with Crippen LogP contribution in [-0.2, 0) is 6.54 Å². The van der Waals surface area contributed by atoms with Crippen molar-refractivity contribution < 1.29 is 10.0 Å². The minimum absolute atomic E-state index is 0.0399. The van der Waals surface area contributed by atoms with Gasteiger partial charge in [-0.25, -0.2) is 0 Å². The number of aryl methyl sites for hydroxylation is 1. The van der Waals surface area contributed by atoms with E-state index in [1.54, 1.807) is 13.8 Å². The summed E-state index contributed by atoms with van der Waals surface area (Å²) in [5.41, 5.74) is 0.919. The lowest BCUT2D eigenvalue weighted by Crippen LogP contribution is -2.32. The molecule has 0 bridgehead atoms. The number of hydrogen-bond donors (Lipinski definition) is 2. The second-order valence-corrected chi connectivity index (χ2v) is 5.21. The van der Waals surface area contributed by atoms with Gasteiger partial charge in [0.15, 0.2) is 0 Å². The van der Waals surface area contributed by atoms with Crippen LogP contribution in [0.4, 0.5) is 5.69 Å². The Balaban J connectivity index is 1.90. The minimum atomic E-state index is -0.587. The summed E-state index contributed by atoms with van der Waals surface area (Å²) in [6.45, 7) is 4.97. The van der Waals surface area contributed by atoms with Crippen LogP contribution in [0.2, 0.25) is 0 Å². The Labute approximate surface area is 111 Å². The molecule has 0 aliphatic heterocycles. The number of aliphatic hydroxyl groups excluding tert-OH is 1. The third-order valence-corrected chi connectivity index (χ3v) is 3.42. The van der Waals surface area contributed by atoms with Gasteiger partial charge in [-0.3, -0.25) is 14.8 Å². The zero-order chi connectivity index (χ0) is 14.0. The molecule has 106 valence electrons. The number of aliphatic hydroxyl groups is 1. The molecule has 2 N–H and O–H groups in total. The largest absolute Gasteiger partial charge is 0.390 e. The van der Waals surface area contributed by atoms with Crippen LogP contribution >= 0.6 is 0 Å². The van der Waals surface area contributed by atoms with E-state index in [0.29, 0.717) is 17.9 Å². The van der Waals surface area contributed by atoms with E-state index in [-0.39, 0.29) is 12.2 Å². The fourth-order valence-corrected chi connectivity index (χ4v) is 2.17. The Morgan fingerprint density at radius 3 is 2.79 bits per heavy atom. The van der Waals surface area contributed by atoms with Crippen LogP contribution in [0.15, 0.2) is 0 Å². The van der Waals surface area contributed by atoms with Gasteiger partial charge in [-0.05, 0) is 39.2 Å². The summed E-state index contributed by atoms with van der Waals surface area (Å²) in [5.74, 6) is 0.766. The molecule has 19 heavy (non-hydrogen) atoms. The second-order valence-electron chi connectivity index (χ2n) is 5.21. The molecule has 1 aliphatic carbocycles. The van der Waals surface area contributed by atoms with Crippen LogP contribution in [0.5, 0.6) is 0 Å². The van der Waals surface area contributed by atoms with Crippen LogP contribution in [0.1, 0.15) is 24.2 Å². The average Bonchev–Trinajstić information content (AvgIpc) is 3.07. The third-order valence-electron chi connectivity index (χ3n) is 3.42. The number of aromatic nitrogens is 2. The second kappa shape index (κ2) is 5.66. The number of nitro groups is 1. The van der Waals surface area contributed by atoms with E-state index in [4.69, 9.17) is 0 Å². The van der Waals surface area contributed by atoms with E-state index in [9.17, 15) is 15.2 Å². The molecule has 1 atom stereocenters. The van der Waals surface area contributed by atoms with Gasteiger partial charge in [-0.1, -0.05) is 0 Å². The summed E-state index contributed by atoms with van der Waals surface area (Å²) in [5, 5.41) is 28.1. The topological polar surface area (TPSA) is 93.2 Å². The molecule has 2 rings (SSSR count). The zero-order valence-corrected chi connectivity index (χ0v) is 11.3. The summed E-state index contributed by atoms with van der Waals surface area (Å²) in [6, 6.07) is 0. The van der Waals surface area contributed by atoms with Gasteiger partial charge < -0.3 is 10.4 Å². The van der Waals surface area contributed by atoms with Crippen molar-refractivity contribution in [2.45, 2.75) is 39.3 Å². The molecule has 1 aromatic rings. The summed E-state index contributed by atoms with van der Waals surface area (Å²) in [6.07, 6.45) is 1.95.